The van der Waals surface area contributed by atoms with E-state index in [0.29, 0.717) is 36.2 Å². The Kier molecular flexibility index (Phi) is 12.3. The molecule has 0 bridgehead atoms. The summed E-state index contributed by atoms with van der Waals surface area (Å²) in [5, 5.41) is 18.6. The first-order valence-electron chi connectivity index (χ1n) is 13.9. The van der Waals surface area contributed by atoms with Gasteiger partial charge in [0.05, 0.1) is 35.9 Å². The summed E-state index contributed by atoms with van der Waals surface area (Å²) in [4.78, 5) is 29.8. The Labute approximate surface area is 263 Å². The van der Waals surface area contributed by atoms with Crippen molar-refractivity contribution in [2.45, 2.75) is 19.8 Å². The lowest BCUT2D eigenvalue weighted by Gasteiger charge is -2.23. The first-order valence-corrected chi connectivity index (χ1v) is 15.5. The minimum absolute atomic E-state index is 0.280. The molecule has 0 aliphatic carbocycles. The number of thiazole rings is 1. The summed E-state index contributed by atoms with van der Waals surface area (Å²) < 4.78 is 16.6. The topological polar surface area (TPSA) is 127 Å². The van der Waals surface area contributed by atoms with Gasteiger partial charge in [-0.3, -0.25) is 0 Å². The number of nitrogens with zero attached hydrogens (tertiary/aromatic N) is 6. The van der Waals surface area contributed by atoms with Gasteiger partial charge in [-0.15, -0.1) is 20.5 Å². The summed E-state index contributed by atoms with van der Waals surface area (Å²) in [6.45, 7) is 11.5. The number of ether oxygens (including phenoxy) is 3. The zero-order valence-corrected chi connectivity index (χ0v) is 25.9. The van der Waals surface area contributed by atoms with Crippen LogP contribution in [0.15, 0.2) is 100 Å². The van der Waals surface area contributed by atoms with E-state index in [9.17, 15) is 9.59 Å². The van der Waals surface area contributed by atoms with Crippen LogP contribution in [-0.4, -0.2) is 49.8 Å². The third kappa shape index (κ3) is 9.92. The highest BCUT2D eigenvalue weighted by atomic mass is 32.1. The Hall–Kier alpha value is -4.75. The van der Waals surface area contributed by atoms with Gasteiger partial charge in [0.25, 0.3) is 0 Å². The number of fused-ring (bicyclic) bond motifs is 1. The minimum atomic E-state index is -0.440. The van der Waals surface area contributed by atoms with E-state index < -0.39 is 11.9 Å². The Morgan fingerprint density at radius 1 is 0.841 bits per heavy atom. The molecule has 0 spiro atoms. The number of anilines is 1. The fourth-order valence-corrected chi connectivity index (χ4v) is 5.64. The van der Waals surface area contributed by atoms with Crippen molar-refractivity contribution in [1.29, 1.82) is 0 Å². The van der Waals surface area contributed by atoms with Gasteiger partial charge >= 0.3 is 11.9 Å². The molecule has 44 heavy (non-hydrogen) atoms. The maximum absolute atomic E-state index is 11.2. The highest BCUT2D eigenvalue weighted by Gasteiger charge is 2.09. The monoisotopic (exact) mass is 632 g/mol. The average Bonchev–Trinajstić information content (AvgIpc) is 3.62. The number of thiophene rings is 1. The van der Waals surface area contributed by atoms with E-state index in [-0.39, 0.29) is 6.61 Å². The molecule has 0 atom stereocenters. The molecule has 4 aromatic rings. The second kappa shape index (κ2) is 16.8. The van der Waals surface area contributed by atoms with Gasteiger partial charge in [-0.25, -0.2) is 14.6 Å². The maximum Gasteiger partial charge on any atom is 0.330 e. The predicted octanol–water partition coefficient (Wildman–Crippen LogP) is 8.63. The van der Waals surface area contributed by atoms with Crippen molar-refractivity contribution in [3.8, 4) is 5.75 Å². The molecule has 2 aromatic carbocycles. The number of hydrogen-bond donors (Lipinski definition) is 0. The highest BCUT2D eigenvalue weighted by molar-refractivity contribution is 7.30. The van der Waals surface area contributed by atoms with E-state index in [4.69, 9.17) is 14.2 Å². The van der Waals surface area contributed by atoms with Crippen LogP contribution >= 0.6 is 22.7 Å². The molecule has 0 amide bonds. The summed E-state index contributed by atoms with van der Waals surface area (Å²) in [5.74, 6) is -0.148. The van der Waals surface area contributed by atoms with Gasteiger partial charge in [-0.05, 0) is 67.9 Å². The number of carbonyl (C=O) groups excluding carboxylic acids is 2. The van der Waals surface area contributed by atoms with Crippen molar-refractivity contribution in [3.05, 3.63) is 79.9 Å². The summed E-state index contributed by atoms with van der Waals surface area (Å²) in [6, 6.07) is 17.0. The van der Waals surface area contributed by atoms with Crippen LogP contribution in [0.1, 0.15) is 19.8 Å². The van der Waals surface area contributed by atoms with Crippen LogP contribution in [0, 0.1) is 0 Å². The van der Waals surface area contributed by atoms with Crippen molar-refractivity contribution in [2.75, 3.05) is 37.8 Å². The molecule has 0 aliphatic heterocycles. The average molecular weight is 633 g/mol. The van der Waals surface area contributed by atoms with E-state index in [1.165, 1.54) is 28.7 Å². The number of aromatic nitrogens is 1. The molecule has 4 rings (SSSR count). The van der Waals surface area contributed by atoms with E-state index in [1.54, 1.807) is 0 Å². The molecule has 2 heterocycles. The van der Waals surface area contributed by atoms with Crippen LogP contribution in [-0.2, 0) is 19.1 Å². The summed E-state index contributed by atoms with van der Waals surface area (Å²) >= 11 is 2.87. The third-order valence-electron chi connectivity index (χ3n) is 5.97. The van der Waals surface area contributed by atoms with Crippen molar-refractivity contribution in [2.24, 2.45) is 20.5 Å². The summed E-state index contributed by atoms with van der Waals surface area (Å²) in [6.07, 6.45) is 3.61. The van der Waals surface area contributed by atoms with Gasteiger partial charge in [-0.2, -0.15) is 0 Å². The molecular weight excluding hydrogens is 601 g/mol. The van der Waals surface area contributed by atoms with Crippen LogP contribution in [0.2, 0.25) is 0 Å². The Bertz CT molecular complexity index is 1580. The minimum Gasteiger partial charge on any atom is -0.493 e. The van der Waals surface area contributed by atoms with Crippen molar-refractivity contribution in [1.82, 2.24) is 4.98 Å². The lowest BCUT2D eigenvalue weighted by Crippen LogP contribution is -2.25. The van der Waals surface area contributed by atoms with Gasteiger partial charge in [0.15, 0.2) is 0 Å². The molecule has 0 saturated heterocycles. The molecule has 0 unspecified atom stereocenters. The second-order valence-electron chi connectivity index (χ2n) is 9.04. The Morgan fingerprint density at radius 2 is 1.48 bits per heavy atom. The second-order valence-corrected chi connectivity index (χ2v) is 11.1. The molecule has 0 N–H and O–H groups in total. The highest BCUT2D eigenvalue weighted by Crippen LogP contribution is 2.39. The lowest BCUT2D eigenvalue weighted by molar-refractivity contribution is -0.138. The van der Waals surface area contributed by atoms with E-state index >= 15 is 0 Å². The first kappa shape index (κ1) is 32.2. The van der Waals surface area contributed by atoms with Crippen molar-refractivity contribution < 1.29 is 23.8 Å². The summed E-state index contributed by atoms with van der Waals surface area (Å²) in [5.41, 5.74) is 2.48. The quantitative estimate of drug-likeness (QED) is 0.0493. The van der Waals surface area contributed by atoms with Crippen LogP contribution in [0.3, 0.4) is 0 Å². The molecule has 0 fully saturated rings. The normalized spacial score (nSPS) is 11.2. The molecule has 0 radical (unpaired) electrons. The van der Waals surface area contributed by atoms with Gasteiger partial charge in [-0.1, -0.05) is 35.8 Å². The van der Waals surface area contributed by atoms with Crippen LogP contribution < -0.4 is 9.64 Å². The fraction of sp³-hybridized carbons (Fsp3) is 0.258. The predicted molar refractivity (Wildman–Crippen MR) is 174 cm³/mol. The maximum atomic E-state index is 11.2. The van der Waals surface area contributed by atoms with E-state index in [2.05, 4.69) is 50.4 Å². The molecule has 2 aromatic heterocycles. The van der Waals surface area contributed by atoms with Crippen LogP contribution in [0.4, 0.5) is 27.2 Å². The SMILES string of the molecule is C=CC(=O)OCCCOc1ccc(N=Nc2cc3sc(N=Nc4ccc(N(CC)CCCOC(=O)C=C)cc4)nc3s2)cc1. The Balaban J connectivity index is 1.25. The van der Waals surface area contributed by atoms with Gasteiger partial charge in [0.1, 0.15) is 15.6 Å². The van der Waals surface area contributed by atoms with E-state index in [0.717, 1.165) is 51.5 Å². The zero-order chi connectivity index (χ0) is 31.1. The molecular formula is C31H32N6O5S2. The first-order chi connectivity index (χ1) is 21.5. The number of carbonyl (C=O) groups is 2. The molecule has 11 nitrogen and oxygen atoms in total. The van der Waals surface area contributed by atoms with Gasteiger partial charge in [0, 0.05) is 37.3 Å². The smallest absolute Gasteiger partial charge is 0.330 e. The third-order valence-corrected chi connectivity index (χ3v) is 7.89. The van der Waals surface area contributed by atoms with Crippen LogP contribution in [0.25, 0.3) is 9.53 Å². The van der Waals surface area contributed by atoms with Gasteiger partial charge in [0.2, 0.25) is 5.13 Å². The number of benzene rings is 2. The largest absolute Gasteiger partial charge is 0.493 e. The number of hydrogen-bond acceptors (Lipinski definition) is 13. The van der Waals surface area contributed by atoms with E-state index in [1.807, 2.05) is 54.6 Å². The number of rotatable bonds is 17. The molecule has 228 valence electrons. The number of esters is 2. The van der Waals surface area contributed by atoms with Crippen LogP contribution in [0.5, 0.6) is 5.75 Å². The fourth-order valence-electron chi connectivity index (χ4n) is 3.79. The summed E-state index contributed by atoms with van der Waals surface area (Å²) in [7, 11) is 0. The molecule has 0 aliphatic rings. The lowest BCUT2D eigenvalue weighted by atomic mass is 10.2. The Morgan fingerprint density at radius 3 is 2.11 bits per heavy atom. The zero-order valence-electron chi connectivity index (χ0n) is 24.3. The number of azo groups is 2. The van der Waals surface area contributed by atoms with Crippen molar-refractivity contribution >= 4 is 71.3 Å². The van der Waals surface area contributed by atoms with Crippen molar-refractivity contribution in [3.63, 3.8) is 0 Å². The molecule has 0 saturated carbocycles. The standard InChI is InChI=1S/C31H32N6O5S2/c1-4-28(38)41-18-7-17-37(6-3)24-13-9-22(10-14-24)34-36-31-32-30-26(43-31)21-27(44-30)35-33-23-11-15-25(16-12-23)40-19-8-20-42-29(39)5-2/h4-5,9-16,21H,1-2,6-8,17-20H2,3H3. The molecule has 13 heteroatoms. The van der Waals surface area contributed by atoms with Gasteiger partial charge < -0.3 is 19.1 Å².